The number of nitrogens with zero attached hydrogens (tertiary/aromatic N) is 4. The first kappa shape index (κ1) is 19.7. The van der Waals surface area contributed by atoms with Gasteiger partial charge in [0.1, 0.15) is 5.82 Å². The van der Waals surface area contributed by atoms with Crippen LogP contribution in [0.3, 0.4) is 0 Å². The van der Waals surface area contributed by atoms with Crippen molar-refractivity contribution in [2.75, 3.05) is 11.5 Å². The summed E-state index contributed by atoms with van der Waals surface area (Å²) >= 11 is 8.08. The molecule has 1 aliphatic heterocycles. The maximum atomic E-state index is 11.7. The number of halogens is 1. The van der Waals surface area contributed by atoms with Crippen LogP contribution in [0.5, 0.6) is 0 Å². The monoisotopic (exact) mass is 436 g/mol. The second kappa shape index (κ2) is 7.65. The average molecular weight is 437 g/mol. The van der Waals surface area contributed by atoms with E-state index in [0.717, 1.165) is 33.1 Å². The van der Waals surface area contributed by atoms with Crippen molar-refractivity contribution in [2.45, 2.75) is 30.7 Å². The fourth-order valence-corrected chi connectivity index (χ4v) is 6.61. The first-order valence-corrected chi connectivity index (χ1v) is 12.3. The summed E-state index contributed by atoms with van der Waals surface area (Å²) in [5.74, 6) is 2.07. The van der Waals surface area contributed by atoms with E-state index in [0.29, 0.717) is 23.6 Å². The smallest absolute Gasteiger partial charge is 0.191 e. The highest BCUT2D eigenvalue weighted by Crippen LogP contribution is 2.31. The Labute approximate surface area is 173 Å². The van der Waals surface area contributed by atoms with E-state index >= 15 is 0 Å². The number of hydrogen-bond donors (Lipinski definition) is 0. The Bertz CT molecular complexity index is 1140. The molecule has 28 heavy (non-hydrogen) atoms. The van der Waals surface area contributed by atoms with E-state index in [1.54, 1.807) is 0 Å². The summed E-state index contributed by atoms with van der Waals surface area (Å²) in [7, 11) is -0.962. The predicted molar refractivity (Wildman–Crippen MR) is 113 cm³/mol. The van der Waals surface area contributed by atoms with Crippen LogP contribution in [0.1, 0.15) is 23.5 Å². The van der Waals surface area contributed by atoms with Crippen molar-refractivity contribution in [3.8, 4) is 0 Å². The maximum Gasteiger partial charge on any atom is 0.191 e. The molecule has 1 fully saturated rings. The minimum atomic E-state index is -2.88. The highest BCUT2D eigenvalue weighted by Gasteiger charge is 2.29. The van der Waals surface area contributed by atoms with Gasteiger partial charge in [0.2, 0.25) is 0 Å². The Morgan fingerprint density at radius 1 is 1.29 bits per heavy atom. The van der Waals surface area contributed by atoms with Crippen molar-refractivity contribution in [1.29, 1.82) is 0 Å². The summed E-state index contributed by atoms with van der Waals surface area (Å²) in [6.45, 7) is 2.01. The SMILES string of the molecule is Cc1c(Cl)c(CSc2nnc(CC3CCS(=O)(=O)C3)n2C)nc2ccccc12. The van der Waals surface area contributed by atoms with Gasteiger partial charge in [-0.1, -0.05) is 41.6 Å². The van der Waals surface area contributed by atoms with Crippen LogP contribution < -0.4 is 0 Å². The van der Waals surface area contributed by atoms with Crippen molar-refractivity contribution < 1.29 is 8.42 Å². The molecular formula is C19H21ClN4O2S2. The molecule has 1 saturated heterocycles. The van der Waals surface area contributed by atoms with Gasteiger partial charge in [-0.25, -0.2) is 8.42 Å². The van der Waals surface area contributed by atoms with Gasteiger partial charge in [0, 0.05) is 24.6 Å². The molecule has 2 aromatic heterocycles. The third-order valence-electron chi connectivity index (χ3n) is 5.21. The lowest BCUT2D eigenvalue weighted by molar-refractivity contribution is 0.552. The second-order valence-corrected chi connectivity index (χ2v) is 10.8. The molecule has 0 aliphatic carbocycles. The summed E-state index contributed by atoms with van der Waals surface area (Å²) in [6, 6.07) is 7.97. The van der Waals surface area contributed by atoms with E-state index in [1.807, 2.05) is 42.8 Å². The van der Waals surface area contributed by atoms with E-state index in [1.165, 1.54) is 11.8 Å². The molecule has 3 heterocycles. The van der Waals surface area contributed by atoms with Crippen LogP contribution in [-0.4, -0.2) is 39.7 Å². The number of fused-ring (bicyclic) bond motifs is 1. The third-order valence-corrected chi connectivity index (χ3v) is 8.58. The van der Waals surface area contributed by atoms with Gasteiger partial charge in [0.15, 0.2) is 15.0 Å². The number of rotatable bonds is 5. The highest BCUT2D eigenvalue weighted by atomic mass is 35.5. The van der Waals surface area contributed by atoms with E-state index in [9.17, 15) is 8.42 Å². The van der Waals surface area contributed by atoms with Crippen LogP contribution in [-0.2, 0) is 29.1 Å². The van der Waals surface area contributed by atoms with Gasteiger partial charge in [-0.15, -0.1) is 10.2 Å². The van der Waals surface area contributed by atoms with Gasteiger partial charge in [0.05, 0.1) is 27.7 Å². The number of aryl methyl sites for hydroxylation is 1. The number of para-hydroxylation sites is 1. The molecule has 1 atom stereocenters. The lowest BCUT2D eigenvalue weighted by atomic mass is 10.1. The molecule has 0 radical (unpaired) electrons. The summed E-state index contributed by atoms with van der Waals surface area (Å²) in [6.07, 6.45) is 1.34. The minimum Gasteiger partial charge on any atom is -0.309 e. The Morgan fingerprint density at radius 2 is 2.07 bits per heavy atom. The van der Waals surface area contributed by atoms with Crippen molar-refractivity contribution in [3.63, 3.8) is 0 Å². The van der Waals surface area contributed by atoms with Gasteiger partial charge in [-0.3, -0.25) is 4.98 Å². The molecule has 1 aromatic carbocycles. The molecule has 6 nitrogen and oxygen atoms in total. The van der Waals surface area contributed by atoms with Crippen molar-refractivity contribution in [3.05, 3.63) is 46.4 Å². The molecule has 148 valence electrons. The number of thioether (sulfide) groups is 1. The first-order valence-electron chi connectivity index (χ1n) is 9.09. The number of sulfone groups is 1. The zero-order chi connectivity index (χ0) is 19.9. The Kier molecular flexibility index (Phi) is 5.37. The summed E-state index contributed by atoms with van der Waals surface area (Å²) in [5.41, 5.74) is 2.79. The van der Waals surface area contributed by atoms with E-state index < -0.39 is 9.84 Å². The molecule has 4 rings (SSSR count). The standard InChI is InChI=1S/C19H21ClN4O2S2/c1-12-14-5-3-4-6-15(14)21-16(18(12)20)10-27-19-23-22-17(24(19)2)9-13-7-8-28(25,26)11-13/h3-6,13H,7-11H2,1-2H3. The van der Waals surface area contributed by atoms with Crippen molar-refractivity contribution in [1.82, 2.24) is 19.7 Å². The third kappa shape index (κ3) is 3.90. The predicted octanol–water partition coefficient (Wildman–Crippen LogP) is 3.59. The molecule has 1 unspecified atom stereocenters. The van der Waals surface area contributed by atoms with Crippen molar-refractivity contribution >= 4 is 44.1 Å². The molecule has 0 spiro atoms. The molecule has 0 N–H and O–H groups in total. The van der Waals surface area contributed by atoms with Crippen LogP contribution in [0.2, 0.25) is 5.02 Å². The normalized spacial score (nSPS) is 18.8. The number of pyridine rings is 1. The molecular weight excluding hydrogens is 416 g/mol. The molecule has 0 bridgehead atoms. The zero-order valence-corrected chi connectivity index (χ0v) is 18.1. The molecule has 9 heteroatoms. The zero-order valence-electron chi connectivity index (χ0n) is 15.7. The maximum absolute atomic E-state index is 11.7. The molecule has 3 aromatic rings. The van der Waals surface area contributed by atoms with E-state index in [-0.39, 0.29) is 17.4 Å². The van der Waals surface area contributed by atoms with Crippen LogP contribution in [0, 0.1) is 12.8 Å². The average Bonchev–Trinajstić information content (AvgIpc) is 3.19. The lowest BCUT2D eigenvalue weighted by Crippen LogP contribution is -2.11. The number of hydrogen-bond acceptors (Lipinski definition) is 6. The Morgan fingerprint density at radius 3 is 2.82 bits per heavy atom. The number of benzene rings is 1. The topological polar surface area (TPSA) is 77.7 Å². The van der Waals surface area contributed by atoms with Gasteiger partial charge in [0.25, 0.3) is 0 Å². The Balaban J connectivity index is 1.49. The van der Waals surface area contributed by atoms with Gasteiger partial charge in [-0.05, 0) is 30.9 Å². The second-order valence-electron chi connectivity index (χ2n) is 7.23. The van der Waals surface area contributed by atoms with Gasteiger partial charge < -0.3 is 4.57 Å². The lowest BCUT2D eigenvalue weighted by Gasteiger charge is -2.10. The van der Waals surface area contributed by atoms with Gasteiger partial charge in [-0.2, -0.15) is 0 Å². The minimum absolute atomic E-state index is 0.130. The molecule has 1 aliphatic rings. The van der Waals surface area contributed by atoms with Crippen molar-refractivity contribution in [2.24, 2.45) is 13.0 Å². The first-order chi connectivity index (χ1) is 13.3. The van der Waals surface area contributed by atoms with Crippen LogP contribution in [0.4, 0.5) is 0 Å². The fourth-order valence-electron chi connectivity index (χ4n) is 3.59. The summed E-state index contributed by atoms with van der Waals surface area (Å²) in [5, 5.41) is 11.1. The van der Waals surface area contributed by atoms with Crippen LogP contribution in [0.15, 0.2) is 29.4 Å². The summed E-state index contributed by atoms with van der Waals surface area (Å²) < 4.78 is 25.3. The fraction of sp³-hybridized carbons (Fsp3) is 0.421. The van der Waals surface area contributed by atoms with Gasteiger partial charge >= 0.3 is 0 Å². The number of aromatic nitrogens is 4. The van der Waals surface area contributed by atoms with E-state index in [2.05, 4.69) is 10.2 Å². The molecule has 0 saturated carbocycles. The van der Waals surface area contributed by atoms with E-state index in [4.69, 9.17) is 16.6 Å². The quantitative estimate of drug-likeness (QED) is 0.568. The van der Waals surface area contributed by atoms with Crippen LogP contribution >= 0.6 is 23.4 Å². The van der Waals surface area contributed by atoms with Crippen LogP contribution in [0.25, 0.3) is 10.9 Å². The highest BCUT2D eigenvalue weighted by molar-refractivity contribution is 7.98. The summed E-state index contributed by atoms with van der Waals surface area (Å²) in [4.78, 5) is 4.71. The largest absolute Gasteiger partial charge is 0.309 e. The Hall–Kier alpha value is -1.64. The molecule has 0 amide bonds.